The average molecular weight is 439 g/mol. The lowest BCUT2D eigenvalue weighted by Gasteiger charge is -2.09. The van der Waals surface area contributed by atoms with Crippen molar-refractivity contribution < 1.29 is 14.3 Å². The third-order valence-corrected chi connectivity index (χ3v) is 4.85. The number of rotatable bonds is 6. The minimum absolute atomic E-state index is 0.253. The van der Waals surface area contributed by atoms with E-state index < -0.39 is 5.97 Å². The van der Waals surface area contributed by atoms with Gasteiger partial charge in [-0.25, -0.2) is 9.78 Å². The van der Waals surface area contributed by atoms with E-state index in [4.69, 9.17) is 9.47 Å². The number of esters is 1. The van der Waals surface area contributed by atoms with E-state index in [1.807, 2.05) is 36.4 Å². The smallest absolute Gasteiger partial charge is 0.336 e. The molecule has 7 nitrogen and oxygen atoms in total. The van der Waals surface area contributed by atoms with Crippen molar-refractivity contribution in [2.24, 2.45) is 5.10 Å². The largest absolute Gasteiger partial charge is 0.493 e. The van der Waals surface area contributed by atoms with Crippen LogP contribution in [-0.4, -0.2) is 29.0 Å². The number of aromatic nitrogens is 2. The molecule has 0 atom stereocenters. The number of carbonyl (C=O) groups is 1. The second kappa shape index (κ2) is 9.74. The number of aryl methyl sites for hydroxylation is 1. The quantitative estimate of drug-likeness (QED) is 0.194. The Morgan fingerprint density at radius 1 is 0.970 bits per heavy atom. The van der Waals surface area contributed by atoms with E-state index in [1.54, 1.807) is 49.4 Å². The number of para-hydroxylation sites is 1. The molecule has 0 radical (unpaired) electrons. The molecule has 4 aromatic rings. The molecule has 7 heteroatoms. The van der Waals surface area contributed by atoms with Gasteiger partial charge in [-0.3, -0.25) is 4.79 Å². The average Bonchev–Trinajstić information content (AvgIpc) is 2.84. The van der Waals surface area contributed by atoms with Crippen LogP contribution in [0.4, 0.5) is 0 Å². The molecular weight excluding hydrogens is 418 g/mol. The minimum atomic E-state index is -0.525. The molecule has 3 aromatic carbocycles. The third-order valence-electron chi connectivity index (χ3n) is 4.85. The lowest BCUT2D eigenvalue weighted by atomic mass is 10.2. The summed E-state index contributed by atoms with van der Waals surface area (Å²) in [6, 6.07) is 21.6. The Hall–Kier alpha value is -4.52. The monoisotopic (exact) mass is 439 g/mol. The highest BCUT2D eigenvalue weighted by molar-refractivity contribution is 5.89. The first-order valence-corrected chi connectivity index (χ1v) is 10.2. The summed E-state index contributed by atoms with van der Waals surface area (Å²) in [5, 5.41) is 4.79. The van der Waals surface area contributed by atoms with Crippen LogP contribution in [0.3, 0.4) is 0 Å². The number of fused-ring (bicyclic) bond motifs is 1. The Kier molecular flexibility index (Phi) is 6.40. The Labute approximate surface area is 190 Å². The van der Waals surface area contributed by atoms with Gasteiger partial charge in [0, 0.05) is 6.08 Å². The number of carbonyl (C=O) groups excluding carboxylic acids is 1. The van der Waals surface area contributed by atoms with E-state index in [-0.39, 0.29) is 11.3 Å². The van der Waals surface area contributed by atoms with E-state index in [2.05, 4.69) is 10.1 Å². The van der Waals surface area contributed by atoms with Gasteiger partial charge in [0.1, 0.15) is 5.82 Å². The Bertz CT molecular complexity index is 1420. The highest BCUT2D eigenvalue weighted by Gasteiger charge is 2.10. The predicted molar refractivity (Wildman–Crippen MR) is 128 cm³/mol. The van der Waals surface area contributed by atoms with Gasteiger partial charge in [-0.2, -0.15) is 9.78 Å². The maximum Gasteiger partial charge on any atom is 0.336 e. The summed E-state index contributed by atoms with van der Waals surface area (Å²) in [5.41, 5.74) is 1.92. The molecule has 0 unspecified atom stereocenters. The van der Waals surface area contributed by atoms with Crippen molar-refractivity contribution in [2.75, 3.05) is 7.11 Å². The number of nitrogens with zero attached hydrogens (tertiary/aromatic N) is 3. The van der Waals surface area contributed by atoms with E-state index in [9.17, 15) is 9.59 Å². The molecule has 0 amide bonds. The molecule has 0 spiro atoms. The van der Waals surface area contributed by atoms with Gasteiger partial charge in [0.2, 0.25) is 0 Å². The van der Waals surface area contributed by atoms with Gasteiger partial charge in [0.25, 0.3) is 5.56 Å². The van der Waals surface area contributed by atoms with Crippen LogP contribution in [0.15, 0.2) is 88.8 Å². The molecular formula is C26H21N3O4. The lowest BCUT2D eigenvalue weighted by molar-refractivity contribution is -0.129. The molecule has 0 bridgehead atoms. The molecule has 0 aliphatic heterocycles. The van der Waals surface area contributed by atoms with Crippen molar-refractivity contribution in [1.82, 2.24) is 9.66 Å². The highest BCUT2D eigenvalue weighted by Crippen LogP contribution is 2.28. The van der Waals surface area contributed by atoms with E-state index in [1.165, 1.54) is 24.1 Å². The second-order valence-electron chi connectivity index (χ2n) is 7.11. The maximum absolute atomic E-state index is 12.8. The zero-order valence-electron chi connectivity index (χ0n) is 18.1. The highest BCUT2D eigenvalue weighted by atomic mass is 16.6. The SMILES string of the molecule is COc1cc(C=Nn2c(C)nc3ccccc3c2=O)ccc1OC(=O)/C=C/c1ccccc1. The number of methoxy groups -OCH3 is 1. The van der Waals surface area contributed by atoms with Gasteiger partial charge in [-0.1, -0.05) is 42.5 Å². The summed E-state index contributed by atoms with van der Waals surface area (Å²) in [6.45, 7) is 1.72. The van der Waals surface area contributed by atoms with Crippen molar-refractivity contribution in [2.45, 2.75) is 6.92 Å². The molecule has 0 fully saturated rings. The zero-order chi connectivity index (χ0) is 23.2. The number of ether oxygens (including phenoxy) is 2. The molecule has 33 heavy (non-hydrogen) atoms. The molecule has 1 heterocycles. The second-order valence-corrected chi connectivity index (χ2v) is 7.11. The Balaban J connectivity index is 1.54. The summed E-state index contributed by atoms with van der Waals surface area (Å²) in [7, 11) is 1.48. The van der Waals surface area contributed by atoms with Crippen LogP contribution in [0.1, 0.15) is 17.0 Å². The van der Waals surface area contributed by atoms with E-state index in [0.29, 0.717) is 28.0 Å². The Morgan fingerprint density at radius 2 is 1.73 bits per heavy atom. The van der Waals surface area contributed by atoms with Crippen LogP contribution in [0.25, 0.3) is 17.0 Å². The van der Waals surface area contributed by atoms with Crippen LogP contribution < -0.4 is 15.0 Å². The minimum Gasteiger partial charge on any atom is -0.493 e. The fraction of sp³-hybridized carbons (Fsp3) is 0.0769. The van der Waals surface area contributed by atoms with Crippen LogP contribution >= 0.6 is 0 Å². The van der Waals surface area contributed by atoms with Crippen molar-refractivity contribution in [1.29, 1.82) is 0 Å². The normalized spacial score (nSPS) is 11.3. The van der Waals surface area contributed by atoms with Crippen LogP contribution in [0.5, 0.6) is 11.5 Å². The molecule has 0 saturated heterocycles. The fourth-order valence-electron chi connectivity index (χ4n) is 3.21. The van der Waals surface area contributed by atoms with Crippen molar-refractivity contribution in [3.63, 3.8) is 0 Å². The lowest BCUT2D eigenvalue weighted by Crippen LogP contribution is -2.20. The molecule has 0 saturated carbocycles. The van der Waals surface area contributed by atoms with Gasteiger partial charge in [-0.15, -0.1) is 0 Å². The van der Waals surface area contributed by atoms with E-state index in [0.717, 1.165) is 5.56 Å². The van der Waals surface area contributed by atoms with Gasteiger partial charge >= 0.3 is 5.97 Å². The van der Waals surface area contributed by atoms with Crippen LogP contribution in [0.2, 0.25) is 0 Å². The van der Waals surface area contributed by atoms with Gasteiger partial charge in [0.15, 0.2) is 11.5 Å². The van der Waals surface area contributed by atoms with Gasteiger partial charge in [-0.05, 0) is 54.5 Å². The van der Waals surface area contributed by atoms with Crippen LogP contribution in [0, 0.1) is 6.92 Å². The first-order valence-electron chi connectivity index (χ1n) is 10.2. The maximum atomic E-state index is 12.8. The standard InChI is InChI=1S/C26H21N3O4/c1-18-28-22-11-7-6-10-21(22)26(31)29(18)27-17-20-12-14-23(24(16-20)32-2)33-25(30)15-13-19-8-4-3-5-9-19/h3-17H,1-2H3/b15-13+,27-17?. The zero-order valence-corrected chi connectivity index (χ0v) is 18.1. The number of hydrogen-bond donors (Lipinski definition) is 0. The first kappa shape index (κ1) is 21.7. The molecule has 1 aromatic heterocycles. The van der Waals surface area contributed by atoms with Gasteiger partial charge < -0.3 is 9.47 Å². The molecule has 164 valence electrons. The summed E-state index contributed by atoms with van der Waals surface area (Å²) < 4.78 is 12.0. The summed E-state index contributed by atoms with van der Waals surface area (Å²) in [6.07, 6.45) is 4.55. The molecule has 0 aliphatic carbocycles. The summed E-state index contributed by atoms with van der Waals surface area (Å²) in [5.74, 6) is 0.583. The summed E-state index contributed by atoms with van der Waals surface area (Å²) >= 11 is 0. The first-order chi connectivity index (χ1) is 16.0. The predicted octanol–water partition coefficient (Wildman–Crippen LogP) is 4.21. The number of benzene rings is 3. The van der Waals surface area contributed by atoms with Crippen molar-refractivity contribution >= 4 is 29.2 Å². The number of hydrogen-bond acceptors (Lipinski definition) is 6. The topological polar surface area (TPSA) is 82.8 Å². The third kappa shape index (κ3) is 5.04. The molecule has 0 aliphatic rings. The molecule has 0 N–H and O–H groups in total. The fourth-order valence-corrected chi connectivity index (χ4v) is 3.21. The Morgan fingerprint density at radius 3 is 2.52 bits per heavy atom. The summed E-state index contributed by atoms with van der Waals surface area (Å²) in [4.78, 5) is 29.4. The van der Waals surface area contributed by atoms with E-state index >= 15 is 0 Å². The van der Waals surface area contributed by atoms with Gasteiger partial charge in [0.05, 0.1) is 24.2 Å². The van der Waals surface area contributed by atoms with Crippen molar-refractivity contribution in [3.05, 3.63) is 106 Å². The van der Waals surface area contributed by atoms with Crippen molar-refractivity contribution in [3.8, 4) is 11.5 Å². The van der Waals surface area contributed by atoms with Crippen LogP contribution in [-0.2, 0) is 4.79 Å². The molecule has 4 rings (SSSR count).